The molecule has 174 valence electrons. The maximum Gasteiger partial charge on any atom is 0.407 e. The molecule has 0 bridgehead atoms. The summed E-state index contributed by atoms with van der Waals surface area (Å²) < 4.78 is 5.58. The Labute approximate surface area is 192 Å². The van der Waals surface area contributed by atoms with E-state index in [0.29, 0.717) is 19.3 Å². The van der Waals surface area contributed by atoms with Crippen molar-refractivity contribution in [3.05, 3.63) is 59.7 Å². The van der Waals surface area contributed by atoms with Gasteiger partial charge in [0.05, 0.1) is 6.61 Å². The standard InChI is InChI=1S/C25H28N2O6/c28-12-11-27(14-23(29)30)24(31)16-9-10-17(13-16)26-25(32)33-15-22-20-7-3-1-5-18(20)19-6-2-4-8-21(19)22/h1-8,16-17,22,28H,9-15H2,(H,26,32)(H,29,30)/t16-,17+/m0/s1. The largest absolute Gasteiger partial charge is 0.480 e. The molecule has 8 nitrogen and oxygen atoms in total. The van der Waals surface area contributed by atoms with Crippen molar-refractivity contribution in [3.63, 3.8) is 0 Å². The van der Waals surface area contributed by atoms with Crippen molar-refractivity contribution >= 4 is 18.0 Å². The first-order valence-electron chi connectivity index (χ1n) is 11.2. The third-order valence-corrected chi connectivity index (χ3v) is 6.46. The topological polar surface area (TPSA) is 116 Å². The first-order valence-corrected chi connectivity index (χ1v) is 11.2. The first-order chi connectivity index (χ1) is 16.0. The highest BCUT2D eigenvalue weighted by atomic mass is 16.5. The predicted octanol–water partition coefficient (Wildman–Crippen LogP) is 2.60. The van der Waals surface area contributed by atoms with E-state index < -0.39 is 18.6 Å². The smallest absolute Gasteiger partial charge is 0.407 e. The highest BCUT2D eigenvalue weighted by Gasteiger charge is 2.34. The van der Waals surface area contributed by atoms with Crippen LogP contribution < -0.4 is 5.32 Å². The van der Waals surface area contributed by atoms with E-state index in [2.05, 4.69) is 29.6 Å². The number of carbonyl (C=O) groups is 3. The molecule has 1 fully saturated rings. The Kier molecular flexibility index (Phi) is 6.93. The maximum atomic E-state index is 12.6. The molecule has 4 rings (SSSR count). The molecule has 0 unspecified atom stereocenters. The summed E-state index contributed by atoms with van der Waals surface area (Å²) in [5.41, 5.74) is 4.60. The minimum atomic E-state index is -1.12. The third-order valence-electron chi connectivity index (χ3n) is 6.46. The summed E-state index contributed by atoms with van der Waals surface area (Å²) in [6.45, 7) is -0.544. The zero-order valence-electron chi connectivity index (χ0n) is 18.3. The normalized spacial score (nSPS) is 18.9. The molecule has 8 heteroatoms. The summed E-state index contributed by atoms with van der Waals surface area (Å²) in [6.07, 6.45) is 1.06. The van der Waals surface area contributed by atoms with Crippen LogP contribution in [0.15, 0.2) is 48.5 Å². The van der Waals surface area contributed by atoms with E-state index in [-0.39, 0.29) is 43.5 Å². The van der Waals surface area contributed by atoms with Gasteiger partial charge in [-0.15, -0.1) is 0 Å². The molecule has 2 aromatic carbocycles. The molecule has 0 aromatic heterocycles. The zero-order valence-corrected chi connectivity index (χ0v) is 18.3. The van der Waals surface area contributed by atoms with Crippen molar-refractivity contribution in [2.24, 2.45) is 5.92 Å². The number of aliphatic carboxylic acids is 1. The van der Waals surface area contributed by atoms with Gasteiger partial charge in [-0.3, -0.25) is 9.59 Å². The zero-order chi connectivity index (χ0) is 23.4. The lowest BCUT2D eigenvalue weighted by Gasteiger charge is -2.23. The van der Waals surface area contributed by atoms with E-state index in [1.165, 1.54) is 0 Å². The number of carboxylic acid groups (broad SMARTS) is 1. The molecular formula is C25H28N2O6. The van der Waals surface area contributed by atoms with Crippen molar-refractivity contribution in [1.82, 2.24) is 10.2 Å². The van der Waals surface area contributed by atoms with E-state index in [4.69, 9.17) is 14.9 Å². The van der Waals surface area contributed by atoms with E-state index in [0.717, 1.165) is 27.2 Å². The van der Waals surface area contributed by atoms with Crippen LogP contribution in [0.1, 0.15) is 36.3 Å². The van der Waals surface area contributed by atoms with Crippen LogP contribution in [0.3, 0.4) is 0 Å². The van der Waals surface area contributed by atoms with E-state index in [1.807, 2.05) is 24.3 Å². The lowest BCUT2D eigenvalue weighted by molar-refractivity contribution is -0.146. The fourth-order valence-corrected chi connectivity index (χ4v) is 4.95. The Morgan fingerprint density at radius 3 is 2.24 bits per heavy atom. The number of nitrogens with one attached hydrogen (secondary N) is 1. The van der Waals surface area contributed by atoms with Crippen LogP contribution in [0.5, 0.6) is 0 Å². The monoisotopic (exact) mass is 452 g/mol. The van der Waals surface area contributed by atoms with Gasteiger partial charge in [0, 0.05) is 24.4 Å². The molecule has 2 aliphatic carbocycles. The molecule has 2 atom stereocenters. The van der Waals surface area contributed by atoms with Gasteiger partial charge >= 0.3 is 12.1 Å². The van der Waals surface area contributed by atoms with Crippen molar-refractivity contribution in [2.45, 2.75) is 31.2 Å². The average molecular weight is 453 g/mol. The number of amides is 2. The van der Waals surface area contributed by atoms with E-state index in [1.54, 1.807) is 0 Å². The van der Waals surface area contributed by atoms with Gasteiger partial charge in [-0.1, -0.05) is 48.5 Å². The Morgan fingerprint density at radius 2 is 1.64 bits per heavy atom. The predicted molar refractivity (Wildman–Crippen MR) is 121 cm³/mol. The quantitative estimate of drug-likeness (QED) is 0.567. The van der Waals surface area contributed by atoms with Gasteiger partial charge in [0.1, 0.15) is 13.2 Å². The molecule has 0 saturated heterocycles. The summed E-state index contributed by atoms with van der Waals surface area (Å²) in [7, 11) is 0. The SMILES string of the molecule is O=C(O)CN(CCO)C(=O)[C@H]1CC[C@@H](NC(=O)OCC2c3ccccc3-c3ccccc32)C1. The summed E-state index contributed by atoms with van der Waals surface area (Å²) in [4.78, 5) is 37.3. The van der Waals surface area contributed by atoms with Gasteiger partial charge in [0.15, 0.2) is 0 Å². The molecule has 2 amide bonds. The second-order valence-corrected chi connectivity index (χ2v) is 8.55. The number of hydrogen-bond acceptors (Lipinski definition) is 5. The fraction of sp³-hybridized carbons (Fsp3) is 0.400. The fourth-order valence-electron chi connectivity index (χ4n) is 4.95. The van der Waals surface area contributed by atoms with Crippen LogP contribution in [0.4, 0.5) is 4.79 Å². The summed E-state index contributed by atoms with van der Waals surface area (Å²) in [6, 6.07) is 16.0. The van der Waals surface area contributed by atoms with Crippen LogP contribution in [-0.4, -0.2) is 65.4 Å². The summed E-state index contributed by atoms with van der Waals surface area (Å²) in [5.74, 6) is -1.83. The van der Waals surface area contributed by atoms with Crippen LogP contribution in [0.2, 0.25) is 0 Å². The second kappa shape index (κ2) is 10.0. The van der Waals surface area contributed by atoms with Gasteiger partial charge < -0.3 is 25.2 Å². The molecule has 2 aromatic rings. The summed E-state index contributed by atoms with van der Waals surface area (Å²) >= 11 is 0. The molecular weight excluding hydrogens is 424 g/mol. The lowest BCUT2D eigenvalue weighted by atomic mass is 9.98. The van der Waals surface area contributed by atoms with Crippen molar-refractivity contribution in [1.29, 1.82) is 0 Å². The van der Waals surface area contributed by atoms with E-state index in [9.17, 15) is 14.4 Å². The highest BCUT2D eigenvalue weighted by molar-refractivity contribution is 5.83. The van der Waals surface area contributed by atoms with E-state index >= 15 is 0 Å². The molecule has 3 N–H and O–H groups in total. The van der Waals surface area contributed by atoms with Crippen molar-refractivity contribution < 1.29 is 29.3 Å². The summed E-state index contributed by atoms with van der Waals surface area (Å²) in [5, 5.41) is 21.0. The Morgan fingerprint density at radius 1 is 1.00 bits per heavy atom. The molecule has 33 heavy (non-hydrogen) atoms. The Hall–Kier alpha value is -3.39. The van der Waals surface area contributed by atoms with Crippen LogP contribution in [-0.2, 0) is 14.3 Å². The number of rotatable bonds is 8. The molecule has 0 heterocycles. The molecule has 0 radical (unpaired) electrons. The Bertz CT molecular complexity index is 994. The van der Waals surface area contributed by atoms with Crippen LogP contribution >= 0.6 is 0 Å². The van der Waals surface area contributed by atoms with Crippen LogP contribution in [0, 0.1) is 5.92 Å². The molecule has 1 saturated carbocycles. The highest BCUT2D eigenvalue weighted by Crippen LogP contribution is 2.44. The number of benzene rings is 2. The van der Waals surface area contributed by atoms with Gasteiger partial charge in [0.2, 0.25) is 5.91 Å². The number of ether oxygens (including phenoxy) is 1. The minimum Gasteiger partial charge on any atom is -0.480 e. The molecule has 2 aliphatic rings. The third kappa shape index (κ3) is 5.01. The number of alkyl carbamates (subject to hydrolysis) is 1. The average Bonchev–Trinajstić information content (AvgIpc) is 3.39. The van der Waals surface area contributed by atoms with Crippen molar-refractivity contribution in [2.75, 3.05) is 26.3 Å². The minimum absolute atomic E-state index is 0.0217. The lowest BCUT2D eigenvalue weighted by Crippen LogP contribution is -2.41. The number of hydrogen-bond donors (Lipinski definition) is 3. The van der Waals surface area contributed by atoms with Gasteiger partial charge in [-0.05, 0) is 41.5 Å². The van der Waals surface area contributed by atoms with Gasteiger partial charge in [0.25, 0.3) is 0 Å². The first kappa shape index (κ1) is 22.8. The molecule has 0 spiro atoms. The van der Waals surface area contributed by atoms with Gasteiger partial charge in [-0.25, -0.2) is 4.79 Å². The van der Waals surface area contributed by atoms with Crippen LogP contribution in [0.25, 0.3) is 11.1 Å². The number of carbonyl (C=O) groups excluding carboxylic acids is 2. The molecule has 0 aliphatic heterocycles. The van der Waals surface area contributed by atoms with Gasteiger partial charge in [-0.2, -0.15) is 0 Å². The number of carboxylic acids is 1. The Balaban J connectivity index is 1.31. The maximum absolute atomic E-state index is 12.6. The van der Waals surface area contributed by atoms with Crippen molar-refractivity contribution in [3.8, 4) is 11.1 Å². The number of nitrogens with zero attached hydrogens (tertiary/aromatic N) is 1. The second-order valence-electron chi connectivity index (χ2n) is 8.55. The number of fused-ring (bicyclic) bond motifs is 3. The number of aliphatic hydroxyl groups excluding tert-OH is 1. The number of aliphatic hydroxyl groups is 1.